The summed E-state index contributed by atoms with van der Waals surface area (Å²) in [6.45, 7) is 8.13. The molecule has 0 aromatic carbocycles. The molecule has 14 heavy (non-hydrogen) atoms. The molecule has 0 amide bonds. The van der Waals surface area contributed by atoms with Gasteiger partial charge >= 0.3 is 0 Å². The SMILES string of the molecule is CC(C)(O)C(C)(C)O.[B]C1=CCNC1. The summed E-state index contributed by atoms with van der Waals surface area (Å²) < 4.78 is 0. The van der Waals surface area contributed by atoms with Gasteiger partial charge in [0.2, 0.25) is 0 Å². The Morgan fingerprint density at radius 3 is 1.71 bits per heavy atom. The van der Waals surface area contributed by atoms with E-state index in [1.165, 1.54) is 0 Å². The van der Waals surface area contributed by atoms with E-state index in [1.807, 2.05) is 6.08 Å². The Hall–Kier alpha value is -0.315. The highest BCUT2D eigenvalue weighted by Crippen LogP contribution is 2.19. The first-order valence-electron chi connectivity index (χ1n) is 4.74. The maximum Gasteiger partial charge on any atom is 0.109 e. The summed E-state index contributed by atoms with van der Waals surface area (Å²) >= 11 is 0. The smallest absolute Gasteiger partial charge is 0.109 e. The van der Waals surface area contributed by atoms with Crippen LogP contribution >= 0.6 is 0 Å². The topological polar surface area (TPSA) is 52.5 Å². The molecule has 80 valence electrons. The Labute approximate surface area is 87.6 Å². The molecular weight excluding hydrogens is 177 g/mol. The summed E-state index contributed by atoms with van der Waals surface area (Å²) in [5.41, 5.74) is -1.05. The molecule has 0 aromatic heterocycles. The van der Waals surface area contributed by atoms with Crippen molar-refractivity contribution in [3.8, 4) is 0 Å². The van der Waals surface area contributed by atoms with Gasteiger partial charge in [-0.1, -0.05) is 6.08 Å². The number of rotatable bonds is 1. The molecule has 4 heteroatoms. The standard InChI is InChI=1S/C6H14O2.C4H6BN/c1-5(2,7)6(3,4)8;5-4-1-2-6-3-4/h7-8H,1-4H3;1,6H,2-3H2. The molecule has 1 aliphatic heterocycles. The molecule has 0 atom stereocenters. The van der Waals surface area contributed by atoms with E-state index >= 15 is 0 Å². The molecule has 3 nitrogen and oxygen atoms in total. The third-order valence-electron chi connectivity index (χ3n) is 2.33. The minimum atomic E-state index is -1.01. The van der Waals surface area contributed by atoms with E-state index in [0.717, 1.165) is 18.6 Å². The van der Waals surface area contributed by atoms with Crippen LogP contribution in [0.3, 0.4) is 0 Å². The lowest BCUT2D eigenvalue weighted by molar-refractivity contribution is -0.107. The fraction of sp³-hybridized carbons (Fsp3) is 0.800. The molecule has 0 saturated heterocycles. The summed E-state index contributed by atoms with van der Waals surface area (Å²) in [4.78, 5) is 0. The minimum absolute atomic E-state index is 0.875. The van der Waals surface area contributed by atoms with E-state index < -0.39 is 11.2 Å². The lowest BCUT2D eigenvalue weighted by atomic mass is 9.90. The number of hydrogen-bond donors (Lipinski definition) is 3. The van der Waals surface area contributed by atoms with Gasteiger partial charge in [0.1, 0.15) is 7.85 Å². The van der Waals surface area contributed by atoms with Gasteiger partial charge in [0.05, 0.1) is 11.2 Å². The summed E-state index contributed by atoms with van der Waals surface area (Å²) in [7, 11) is 5.33. The maximum absolute atomic E-state index is 9.10. The zero-order valence-electron chi connectivity index (χ0n) is 9.46. The van der Waals surface area contributed by atoms with Crippen LogP contribution in [0.15, 0.2) is 11.5 Å². The van der Waals surface area contributed by atoms with Crippen molar-refractivity contribution in [2.75, 3.05) is 13.1 Å². The Balaban J connectivity index is 0.000000249. The van der Waals surface area contributed by atoms with Gasteiger partial charge in [-0.15, -0.1) is 5.47 Å². The number of hydrogen-bond acceptors (Lipinski definition) is 3. The van der Waals surface area contributed by atoms with Crippen LogP contribution < -0.4 is 5.32 Å². The molecular formula is C10H20BNO2. The zero-order chi connectivity index (χ0) is 11.4. The van der Waals surface area contributed by atoms with Crippen LogP contribution in [0.1, 0.15) is 27.7 Å². The molecule has 1 rings (SSSR count). The molecule has 1 heterocycles. The predicted octanol–water partition coefficient (Wildman–Crippen LogP) is 0.170. The molecule has 0 fully saturated rings. The van der Waals surface area contributed by atoms with Gasteiger partial charge in [0.15, 0.2) is 0 Å². The summed E-state index contributed by atoms with van der Waals surface area (Å²) in [6, 6.07) is 0. The van der Waals surface area contributed by atoms with Crippen LogP contribution in [0.2, 0.25) is 0 Å². The van der Waals surface area contributed by atoms with Crippen molar-refractivity contribution in [1.29, 1.82) is 0 Å². The normalized spacial score (nSPS) is 17.1. The highest BCUT2D eigenvalue weighted by molar-refractivity contribution is 6.22. The van der Waals surface area contributed by atoms with Gasteiger partial charge < -0.3 is 15.5 Å². The molecule has 0 spiro atoms. The van der Waals surface area contributed by atoms with Crippen molar-refractivity contribution in [2.24, 2.45) is 0 Å². The van der Waals surface area contributed by atoms with Gasteiger partial charge in [-0.25, -0.2) is 0 Å². The van der Waals surface area contributed by atoms with Crippen molar-refractivity contribution in [3.63, 3.8) is 0 Å². The van der Waals surface area contributed by atoms with Crippen molar-refractivity contribution < 1.29 is 10.2 Å². The second kappa shape index (κ2) is 4.96. The lowest BCUT2D eigenvalue weighted by Gasteiger charge is -2.31. The summed E-state index contributed by atoms with van der Waals surface area (Å²) in [5.74, 6) is 0. The molecule has 0 saturated carbocycles. The van der Waals surface area contributed by atoms with E-state index in [4.69, 9.17) is 18.1 Å². The van der Waals surface area contributed by atoms with Crippen molar-refractivity contribution >= 4 is 7.85 Å². The minimum Gasteiger partial charge on any atom is -0.387 e. The predicted molar refractivity (Wildman–Crippen MR) is 59.3 cm³/mol. The molecule has 0 aliphatic carbocycles. The second-order valence-corrected chi connectivity index (χ2v) is 4.53. The number of nitrogens with one attached hydrogen (secondary N) is 1. The van der Waals surface area contributed by atoms with Gasteiger partial charge in [-0.2, -0.15) is 0 Å². The van der Waals surface area contributed by atoms with Gasteiger partial charge in [0, 0.05) is 13.1 Å². The second-order valence-electron chi connectivity index (χ2n) is 4.53. The molecule has 0 unspecified atom stereocenters. The maximum atomic E-state index is 9.10. The fourth-order valence-electron chi connectivity index (χ4n) is 0.492. The van der Waals surface area contributed by atoms with Crippen molar-refractivity contribution in [1.82, 2.24) is 5.32 Å². The van der Waals surface area contributed by atoms with Crippen LogP contribution in [0.5, 0.6) is 0 Å². The fourth-order valence-corrected chi connectivity index (χ4v) is 0.492. The molecule has 0 aromatic rings. The average molecular weight is 197 g/mol. The molecule has 1 aliphatic rings. The van der Waals surface area contributed by atoms with Gasteiger partial charge in [0.25, 0.3) is 0 Å². The van der Waals surface area contributed by atoms with Crippen LogP contribution in [0.25, 0.3) is 0 Å². The van der Waals surface area contributed by atoms with Crippen LogP contribution in [0, 0.1) is 0 Å². The van der Waals surface area contributed by atoms with E-state index in [2.05, 4.69) is 5.32 Å². The van der Waals surface area contributed by atoms with E-state index in [9.17, 15) is 0 Å². The Kier molecular flexibility index (Phi) is 4.85. The Morgan fingerprint density at radius 2 is 1.64 bits per heavy atom. The quantitative estimate of drug-likeness (QED) is 0.525. The summed E-state index contributed by atoms with van der Waals surface area (Å²) in [6.07, 6.45) is 1.99. The first-order chi connectivity index (χ1) is 6.14. The lowest BCUT2D eigenvalue weighted by Crippen LogP contribution is -2.44. The van der Waals surface area contributed by atoms with Gasteiger partial charge in [-0.3, -0.25) is 0 Å². The molecule has 3 N–H and O–H groups in total. The number of aliphatic hydroxyl groups is 2. The van der Waals surface area contributed by atoms with E-state index in [0.29, 0.717) is 0 Å². The highest BCUT2D eigenvalue weighted by Gasteiger charge is 2.31. The largest absolute Gasteiger partial charge is 0.387 e. The highest BCUT2D eigenvalue weighted by atomic mass is 16.3. The van der Waals surface area contributed by atoms with Crippen molar-refractivity contribution in [3.05, 3.63) is 11.5 Å². The average Bonchev–Trinajstić information content (AvgIpc) is 2.35. The molecule has 2 radical (unpaired) electrons. The van der Waals surface area contributed by atoms with Crippen LogP contribution in [0.4, 0.5) is 0 Å². The first-order valence-corrected chi connectivity index (χ1v) is 4.74. The monoisotopic (exact) mass is 197 g/mol. The third kappa shape index (κ3) is 5.42. The van der Waals surface area contributed by atoms with Crippen LogP contribution in [-0.2, 0) is 0 Å². The first kappa shape index (κ1) is 13.7. The van der Waals surface area contributed by atoms with Crippen molar-refractivity contribution in [2.45, 2.75) is 38.9 Å². The Bertz CT molecular complexity index is 189. The van der Waals surface area contributed by atoms with Crippen LogP contribution in [-0.4, -0.2) is 42.4 Å². The molecule has 0 bridgehead atoms. The summed E-state index contributed by atoms with van der Waals surface area (Å²) in [5, 5.41) is 21.3. The Morgan fingerprint density at radius 1 is 1.21 bits per heavy atom. The van der Waals surface area contributed by atoms with Gasteiger partial charge in [-0.05, 0) is 27.7 Å². The zero-order valence-corrected chi connectivity index (χ0v) is 9.46. The van der Waals surface area contributed by atoms with E-state index in [1.54, 1.807) is 27.7 Å². The third-order valence-corrected chi connectivity index (χ3v) is 2.33. The van der Waals surface area contributed by atoms with E-state index in [-0.39, 0.29) is 0 Å².